The highest BCUT2D eigenvalue weighted by molar-refractivity contribution is 5.75. The molecule has 0 atom stereocenters. The van der Waals surface area contributed by atoms with E-state index in [9.17, 15) is 4.79 Å². The third-order valence-corrected chi connectivity index (χ3v) is 2.66. The van der Waals surface area contributed by atoms with Crippen molar-refractivity contribution in [3.8, 4) is 11.8 Å². The molecule has 0 aliphatic carbocycles. The first-order valence-corrected chi connectivity index (χ1v) is 6.55. The average Bonchev–Trinajstić information content (AvgIpc) is 2.99. The number of aliphatic hydroxyl groups excluding tert-OH is 1. The lowest BCUT2D eigenvalue weighted by molar-refractivity contribution is -0.122. The van der Waals surface area contributed by atoms with Crippen LogP contribution in [0.2, 0.25) is 0 Å². The standard InChI is InChI=1S/C15H16N4O2/c20-7-2-1-4-13-5-3-6-14(8-13)9-17-15(21)10-19-12-16-11-18-19/h3,5-6,8,11-12,20H,2,7,9-10H2,(H,17,21). The zero-order chi connectivity index (χ0) is 14.9. The molecule has 108 valence electrons. The van der Waals surface area contributed by atoms with Gasteiger partial charge in [-0.3, -0.25) is 4.79 Å². The number of carbonyl (C=O) groups is 1. The van der Waals surface area contributed by atoms with E-state index >= 15 is 0 Å². The second kappa shape index (κ2) is 7.82. The van der Waals surface area contributed by atoms with E-state index in [1.807, 2.05) is 24.3 Å². The van der Waals surface area contributed by atoms with Crippen molar-refractivity contribution in [2.45, 2.75) is 19.5 Å². The summed E-state index contributed by atoms with van der Waals surface area (Å²) < 4.78 is 1.46. The number of nitrogens with one attached hydrogen (secondary N) is 1. The number of aromatic nitrogens is 3. The number of benzene rings is 1. The second-order valence-corrected chi connectivity index (χ2v) is 4.35. The molecule has 6 heteroatoms. The third-order valence-electron chi connectivity index (χ3n) is 2.66. The number of hydrogen-bond acceptors (Lipinski definition) is 4. The first kappa shape index (κ1) is 14.8. The Morgan fingerprint density at radius 1 is 1.43 bits per heavy atom. The molecule has 1 aromatic carbocycles. The van der Waals surface area contributed by atoms with Gasteiger partial charge < -0.3 is 10.4 Å². The molecule has 2 N–H and O–H groups in total. The summed E-state index contributed by atoms with van der Waals surface area (Å²) in [6.07, 6.45) is 3.34. The number of amides is 1. The summed E-state index contributed by atoms with van der Waals surface area (Å²) in [5, 5.41) is 15.4. The molecule has 21 heavy (non-hydrogen) atoms. The number of hydrogen-bond donors (Lipinski definition) is 2. The van der Waals surface area contributed by atoms with E-state index in [2.05, 4.69) is 27.2 Å². The summed E-state index contributed by atoms with van der Waals surface area (Å²) in [7, 11) is 0. The van der Waals surface area contributed by atoms with E-state index in [1.165, 1.54) is 17.3 Å². The molecule has 0 saturated heterocycles. The Balaban J connectivity index is 1.87. The van der Waals surface area contributed by atoms with Gasteiger partial charge in [0.15, 0.2) is 0 Å². The molecule has 2 aromatic rings. The molecule has 0 spiro atoms. The SMILES string of the molecule is O=C(Cn1cncn1)NCc1cccc(C#CCCO)c1. The normalized spacial score (nSPS) is 9.76. The van der Waals surface area contributed by atoms with Crippen molar-refractivity contribution in [2.75, 3.05) is 6.61 Å². The zero-order valence-electron chi connectivity index (χ0n) is 11.5. The fraction of sp³-hybridized carbons (Fsp3) is 0.267. The van der Waals surface area contributed by atoms with Crippen LogP contribution in [0.25, 0.3) is 0 Å². The average molecular weight is 284 g/mol. The number of aliphatic hydroxyl groups is 1. The molecule has 0 aliphatic rings. The Bertz CT molecular complexity index is 641. The lowest BCUT2D eigenvalue weighted by Gasteiger charge is -2.05. The Morgan fingerprint density at radius 2 is 2.33 bits per heavy atom. The van der Waals surface area contributed by atoms with Crippen molar-refractivity contribution in [2.24, 2.45) is 0 Å². The Labute approximate surface area is 122 Å². The van der Waals surface area contributed by atoms with Crippen LogP contribution in [-0.4, -0.2) is 32.4 Å². The highest BCUT2D eigenvalue weighted by Crippen LogP contribution is 2.04. The van der Waals surface area contributed by atoms with E-state index < -0.39 is 0 Å². The van der Waals surface area contributed by atoms with Gasteiger partial charge in [-0.25, -0.2) is 9.67 Å². The molecule has 1 aromatic heterocycles. The van der Waals surface area contributed by atoms with Crippen LogP contribution in [0, 0.1) is 11.8 Å². The highest BCUT2D eigenvalue weighted by Gasteiger charge is 2.03. The fourth-order valence-electron chi connectivity index (χ4n) is 1.70. The lowest BCUT2D eigenvalue weighted by Crippen LogP contribution is -2.27. The quantitative estimate of drug-likeness (QED) is 0.775. The minimum absolute atomic E-state index is 0.0605. The lowest BCUT2D eigenvalue weighted by atomic mass is 10.1. The van der Waals surface area contributed by atoms with E-state index in [0.29, 0.717) is 13.0 Å². The fourth-order valence-corrected chi connectivity index (χ4v) is 1.70. The van der Waals surface area contributed by atoms with Crippen LogP contribution >= 0.6 is 0 Å². The monoisotopic (exact) mass is 284 g/mol. The maximum Gasteiger partial charge on any atom is 0.242 e. The van der Waals surface area contributed by atoms with Gasteiger partial charge in [0.2, 0.25) is 5.91 Å². The van der Waals surface area contributed by atoms with Crippen LogP contribution in [0.5, 0.6) is 0 Å². The minimum Gasteiger partial charge on any atom is -0.395 e. The maximum absolute atomic E-state index is 11.7. The minimum atomic E-state index is -0.128. The van der Waals surface area contributed by atoms with Crippen LogP contribution in [0.1, 0.15) is 17.5 Å². The number of rotatable bonds is 5. The zero-order valence-corrected chi connectivity index (χ0v) is 11.5. The van der Waals surface area contributed by atoms with Gasteiger partial charge >= 0.3 is 0 Å². The van der Waals surface area contributed by atoms with Gasteiger partial charge in [0.05, 0.1) is 6.61 Å². The third kappa shape index (κ3) is 5.09. The highest BCUT2D eigenvalue weighted by atomic mass is 16.2. The molecule has 2 rings (SSSR count). The van der Waals surface area contributed by atoms with Crippen molar-refractivity contribution >= 4 is 5.91 Å². The topological polar surface area (TPSA) is 80.0 Å². The van der Waals surface area contributed by atoms with Gasteiger partial charge in [-0.1, -0.05) is 24.0 Å². The molecule has 1 heterocycles. The van der Waals surface area contributed by atoms with Gasteiger partial charge in [0.25, 0.3) is 0 Å². The van der Waals surface area contributed by atoms with Crippen LogP contribution in [0.15, 0.2) is 36.9 Å². The molecule has 6 nitrogen and oxygen atoms in total. The number of carbonyl (C=O) groups excluding carboxylic acids is 1. The maximum atomic E-state index is 11.7. The molecule has 0 unspecified atom stereocenters. The molecule has 0 aliphatic heterocycles. The van der Waals surface area contributed by atoms with Crippen LogP contribution < -0.4 is 5.32 Å². The summed E-state index contributed by atoms with van der Waals surface area (Å²) in [5.74, 6) is 5.70. The predicted molar refractivity (Wildman–Crippen MR) is 76.9 cm³/mol. The van der Waals surface area contributed by atoms with Crippen molar-refractivity contribution < 1.29 is 9.90 Å². The molecule has 0 radical (unpaired) electrons. The summed E-state index contributed by atoms with van der Waals surface area (Å²) in [6.45, 7) is 0.643. The molecular weight excluding hydrogens is 268 g/mol. The molecule has 0 saturated carbocycles. The summed E-state index contributed by atoms with van der Waals surface area (Å²) >= 11 is 0. The van der Waals surface area contributed by atoms with Crippen molar-refractivity contribution in [1.29, 1.82) is 0 Å². The predicted octanol–water partition coefficient (Wildman–Crippen LogP) is 0.328. The van der Waals surface area contributed by atoms with Crippen LogP contribution in [0.4, 0.5) is 0 Å². The summed E-state index contributed by atoms with van der Waals surface area (Å²) in [6, 6.07) is 7.63. The van der Waals surface area contributed by atoms with Gasteiger partial charge in [-0.15, -0.1) is 0 Å². The van der Waals surface area contributed by atoms with E-state index in [1.54, 1.807) is 0 Å². The van der Waals surface area contributed by atoms with E-state index in [4.69, 9.17) is 5.11 Å². The smallest absolute Gasteiger partial charge is 0.242 e. The van der Waals surface area contributed by atoms with Crippen LogP contribution in [0.3, 0.4) is 0 Å². The Hall–Kier alpha value is -2.65. The first-order valence-electron chi connectivity index (χ1n) is 6.55. The van der Waals surface area contributed by atoms with Gasteiger partial charge in [0.1, 0.15) is 19.2 Å². The molecule has 1 amide bonds. The van der Waals surface area contributed by atoms with Gasteiger partial charge in [-0.05, 0) is 17.7 Å². The molecular formula is C15H16N4O2. The number of nitrogens with zero attached hydrogens (tertiary/aromatic N) is 3. The van der Waals surface area contributed by atoms with Crippen molar-refractivity contribution in [1.82, 2.24) is 20.1 Å². The molecule has 0 fully saturated rings. The van der Waals surface area contributed by atoms with Crippen LogP contribution in [-0.2, 0) is 17.9 Å². The van der Waals surface area contributed by atoms with Crippen molar-refractivity contribution in [3.05, 3.63) is 48.0 Å². The first-order chi connectivity index (χ1) is 10.3. The van der Waals surface area contributed by atoms with E-state index in [-0.39, 0.29) is 19.1 Å². The summed E-state index contributed by atoms with van der Waals surface area (Å²) in [4.78, 5) is 15.5. The summed E-state index contributed by atoms with van der Waals surface area (Å²) in [5.41, 5.74) is 1.84. The second-order valence-electron chi connectivity index (χ2n) is 4.35. The molecule has 0 bridgehead atoms. The Morgan fingerprint density at radius 3 is 3.10 bits per heavy atom. The van der Waals surface area contributed by atoms with Gasteiger partial charge in [-0.2, -0.15) is 5.10 Å². The largest absolute Gasteiger partial charge is 0.395 e. The van der Waals surface area contributed by atoms with E-state index in [0.717, 1.165) is 11.1 Å². The Kier molecular flexibility index (Phi) is 5.50. The van der Waals surface area contributed by atoms with Crippen molar-refractivity contribution in [3.63, 3.8) is 0 Å². The van der Waals surface area contributed by atoms with Gasteiger partial charge in [0, 0.05) is 18.5 Å².